The standard InChI is InChI=1S/C10H18F3NO/c1-15-9-5-3-2-4-8(9)14-7-6-10(11,12)13/h8-9,14H,2-7H2,1H3. The molecule has 0 aliphatic heterocycles. The number of ether oxygens (including phenoxy) is 1. The summed E-state index contributed by atoms with van der Waals surface area (Å²) in [6.45, 7) is -0.00593. The Morgan fingerprint density at radius 3 is 2.53 bits per heavy atom. The maximum absolute atomic E-state index is 11.9. The van der Waals surface area contributed by atoms with Crippen LogP contribution in [0.2, 0.25) is 0 Å². The fourth-order valence-electron chi connectivity index (χ4n) is 2.01. The summed E-state index contributed by atoms with van der Waals surface area (Å²) in [6, 6.07) is 0.0890. The van der Waals surface area contributed by atoms with Gasteiger partial charge in [0.25, 0.3) is 0 Å². The van der Waals surface area contributed by atoms with Gasteiger partial charge in [-0.1, -0.05) is 12.8 Å². The largest absolute Gasteiger partial charge is 0.390 e. The lowest BCUT2D eigenvalue weighted by atomic mass is 9.92. The van der Waals surface area contributed by atoms with Gasteiger partial charge >= 0.3 is 6.18 Å². The van der Waals surface area contributed by atoms with Gasteiger partial charge in [0, 0.05) is 19.7 Å². The molecule has 1 aliphatic rings. The second-order valence-electron chi connectivity index (χ2n) is 3.98. The van der Waals surface area contributed by atoms with Crippen LogP contribution in [-0.2, 0) is 4.74 Å². The summed E-state index contributed by atoms with van der Waals surface area (Å²) in [5, 5.41) is 2.93. The van der Waals surface area contributed by atoms with Crippen LogP contribution in [0.25, 0.3) is 0 Å². The molecule has 2 unspecified atom stereocenters. The minimum absolute atomic E-state index is 0.00593. The molecule has 1 fully saturated rings. The van der Waals surface area contributed by atoms with Gasteiger partial charge in [-0.25, -0.2) is 0 Å². The van der Waals surface area contributed by atoms with Gasteiger partial charge in [0.15, 0.2) is 0 Å². The van der Waals surface area contributed by atoms with Crippen molar-refractivity contribution in [1.29, 1.82) is 0 Å². The maximum atomic E-state index is 11.9. The topological polar surface area (TPSA) is 21.3 Å². The molecule has 2 nitrogen and oxygen atoms in total. The molecule has 0 heterocycles. The molecule has 90 valence electrons. The molecule has 1 aliphatic carbocycles. The van der Waals surface area contributed by atoms with Crippen LogP contribution in [0.3, 0.4) is 0 Å². The van der Waals surface area contributed by atoms with Crippen LogP contribution in [0.5, 0.6) is 0 Å². The molecule has 1 rings (SSSR count). The molecular formula is C10H18F3NO. The van der Waals surface area contributed by atoms with Gasteiger partial charge in [-0.05, 0) is 12.8 Å². The zero-order valence-corrected chi connectivity index (χ0v) is 8.94. The average Bonchev–Trinajstić information content (AvgIpc) is 2.16. The zero-order valence-electron chi connectivity index (χ0n) is 8.94. The van der Waals surface area contributed by atoms with Crippen LogP contribution in [0.1, 0.15) is 32.1 Å². The van der Waals surface area contributed by atoms with Crippen molar-refractivity contribution >= 4 is 0 Å². The predicted octanol–water partition coefficient (Wildman–Crippen LogP) is 2.49. The van der Waals surface area contributed by atoms with Gasteiger partial charge in [-0.3, -0.25) is 0 Å². The Hall–Kier alpha value is -0.290. The molecule has 0 spiro atoms. The Morgan fingerprint density at radius 1 is 1.27 bits per heavy atom. The molecule has 0 aromatic rings. The Labute approximate surface area is 88.2 Å². The average molecular weight is 225 g/mol. The van der Waals surface area contributed by atoms with E-state index in [0.717, 1.165) is 25.7 Å². The van der Waals surface area contributed by atoms with Gasteiger partial charge in [0.1, 0.15) is 0 Å². The lowest BCUT2D eigenvalue weighted by Gasteiger charge is -2.31. The molecular weight excluding hydrogens is 207 g/mol. The number of methoxy groups -OCH3 is 1. The van der Waals surface area contributed by atoms with E-state index in [0.29, 0.717) is 0 Å². The van der Waals surface area contributed by atoms with Gasteiger partial charge in [0.2, 0.25) is 0 Å². The van der Waals surface area contributed by atoms with E-state index in [1.165, 1.54) is 0 Å². The van der Waals surface area contributed by atoms with Crippen molar-refractivity contribution in [3.05, 3.63) is 0 Å². The third-order valence-corrected chi connectivity index (χ3v) is 2.82. The molecule has 0 aromatic heterocycles. The van der Waals surface area contributed by atoms with Crippen molar-refractivity contribution in [1.82, 2.24) is 5.32 Å². The van der Waals surface area contributed by atoms with Crippen LogP contribution in [0, 0.1) is 0 Å². The van der Waals surface area contributed by atoms with E-state index in [-0.39, 0.29) is 18.7 Å². The number of halogens is 3. The summed E-state index contributed by atoms with van der Waals surface area (Å²) in [6.07, 6.45) is -0.716. The fourth-order valence-corrected chi connectivity index (χ4v) is 2.01. The van der Waals surface area contributed by atoms with Gasteiger partial charge < -0.3 is 10.1 Å². The number of hydrogen-bond acceptors (Lipinski definition) is 2. The maximum Gasteiger partial charge on any atom is 0.390 e. The number of rotatable bonds is 4. The third-order valence-electron chi connectivity index (χ3n) is 2.82. The summed E-state index contributed by atoms with van der Waals surface area (Å²) in [5.74, 6) is 0. The van der Waals surface area contributed by atoms with Gasteiger partial charge in [0.05, 0.1) is 12.5 Å². The van der Waals surface area contributed by atoms with Crippen molar-refractivity contribution in [2.75, 3.05) is 13.7 Å². The van der Waals surface area contributed by atoms with Crippen LogP contribution in [0.4, 0.5) is 13.2 Å². The molecule has 2 atom stereocenters. The summed E-state index contributed by atoms with van der Waals surface area (Å²) in [4.78, 5) is 0. The van der Waals surface area contributed by atoms with Crippen molar-refractivity contribution in [2.24, 2.45) is 0 Å². The van der Waals surface area contributed by atoms with Crippen molar-refractivity contribution in [3.63, 3.8) is 0 Å². The Balaban J connectivity index is 2.23. The fraction of sp³-hybridized carbons (Fsp3) is 1.00. The van der Waals surface area contributed by atoms with E-state index in [4.69, 9.17) is 4.74 Å². The van der Waals surface area contributed by atoms with Crippen LogP contribution in [0.15, 0.2) is 0 Å². The lowest BCUT2D eigenvalue weighted by Crippen LogP contribution is -2.44. The third kappa shape index (κ3) is 4.84. The van der Waals surface area contributed by atoms with E-state index in [2.05, 4.69) is 5.32 Å². The van der Waals surface area contributed by atoms with Crippen LogP contribution >= 0.6 is 0 Å². The molecule has 0 radical (unpaired) electrons. The van der Waals surface area contributed by atoms with Crippen LogP contribution < -0.4 is 5.32 Å². The second-order valence-corrected chi connectivity index (χ2v) is 3.98. The molecule has 0 saturated heterocycles. The van der Waals surface area contributed by atoms with E-state index in [9.17, 15) is 13.2 Å². The first-order chi connectivity index (χ1) is 7.03. The zero-order chi connectivity index (χ0) is 11.3. The molecule has 0 amide bonds. The molecule has 15 heavy (non-hydrogen) atoms. The number of nitrogens with one attached hydrogen (secondary N) is 1. The van der Waals surface area contributed by atoms with Crippen molar-refractivity contribution in [3.8, 4) is 0 Å². The first kappa shape index (κ1) is 12.8. The molecule has 0 aromatic carbocycles. The Bertz CT molecular complexity index is 184. The van der Waals surface area contributed by atoms with E-state index in [1.54, 1.807) is 7.11 Å². The predicted molar refractivity (Wildman–Crippen MR) is 51.7 cm³/mol. The summed E-state index contributed by atoms with van der Waals surface area (Å²) >= 11 is 0. The molecule has 1 saturated carbocycles. The first-order valence-electron chi connectivity index (χ1n) is 5.36. The summed E-state index contributed by atoms with van der Waals surface area (Å²) in [5.41, 5.74) is 0. The second kappa shape index (κ2) is 5.70. The highest BCUT2D eigenvalue weighted by molar-refractivity contribution is 4.81. The number of hydrogen-bond donors (Lipinski definition) is 1. The van der Waals surface area contributed by atoms with Crippen LogP contribution in [-0.4, -0.2) is 32.0 Å². The normalized spacial score (nSPS) is 28.0. The lowest BCUT2D eigenvalue weighted by molar-refractivity contribution is -0.134. The first-order valence-corrected chi connectivity index (χ1v) is 5.36. The minimum Gasteiger partial charge on any atom is -0.380 e. The van der Waals surface area contributed by atoms with Gasteiger partial charge in [-0.2, -0.15) is 13.2 Å². The van der Waals surface area contributed by atoms with E-state index >= 15 is 0 Å². The van der Waals surface area contributed by atoms with Crippen molar-refractivity contribution < 1.29 is 17.9 Å². The highest BCUT2D eigenvalue weighted by atomic mass is 19.4. The van der Waals surface area contributed by atoms with Gasteiger partial charge in [-0.15, -0.1) is 0 Å². The van der Waals surface area contributed by atoms with Crippen molar-refractivity contribution in [2.45, 2.75) is 50.4 Å². The molecule has 1 N–H and O–H groups in total. The minimum atomic E-state index is -4.07. The molecule has 0 bridgehead atoms. The smallest absolute Gasteiger partial charge is 0.380 e. The Kier molecular flexibility index (Phi) is 4.86. The quantitative estimate of drug-likeness (QED) is 0.793. The highest BCUT2D eigenvalue weighted by Gasteiger charge is 2.29. The monoisotopic (exact) mass is 225 g/mol. The van der Waals surface area contributed by atoms with E-state index < -0.39 is 12.6 Å². The number of alkyl halides is 3. The molecule has 5 heteroatoms. The summed E-state index contributed by atoms with van der Waals surface area (Å²) in [7, 11) is 1.62. The van der Waals surface area contributed by atoms with E-state index in [1.807, 2.05) is 0 Å². The Morgan fingerprint density at radius 2 is 1.93 bits per heavy atom. The highest BCUT2D eigenvalue weighted by Crippen LogP contribution is 2.22. The summed E-state index contributed by atoms with van der Waals surface area (Å²) < 4.78 is 41.0. The SMILES string of the molecule is COC1CCCCC1NCCC(F)(F)F.